The van der Waals surface area contributed by atoms with Crippen LogP contribution in [0.4, 0.5) is 0 Å². The topological polar surface area (TPSA) is 112 Å². The molecule has 0 bridgehead atoms. The van der Waals surface area contributed by atoms with Crippen LogP contribution in [0.5, 0.6) is 0 Å². The van der Waals surface area contributed by atoms with E-state index in [1.165, 1.54) is 33.2 Å². The van der Waals surface area contributed by atoms with Gasteiger partial charge in [0.15, 0.2) is 0 Å². The Balaban J connectivity index is 2.81. The quantitative estimate of drug-likeness (QED) is 0.352. The zero-order valence-corrected chi connectivity index (χ0v) is 16.7. The third-order valence-electron chi connectivity index (χ3n) is 4.23. The molecule has 2 atom stereocenters. The fraction of sp³-hybridized carbons (Fsp3) is 0.667. The van der Waals surface area contributed by atoms with E-state index in [-0.39, 0.29) is 24.8 Å². The Labute approximate surface area is 164 Å². The number of ether oxygens (including phenoxy) is 4. The maximum absolute atomic E-state index is 13.0. The second-order valence-electron chi connectivity index (χ2n) is 6.15. The molecule has 0 aromatic carbocycles. The first kappa shape index (κ1) is 23.6. The third kappa shape index (κ3) is 7.28. The molecular weight excluding hydrogens is 372 g/mol. The Morgan fingerprint density at radius 1 is 1.00 bits per heavy atom. The Morgan fingerprint density at radius 3 is 2.07 bits per heavy atom. The molecule has 0 spiro atoms. The van der Waals surface area contributed by atoms with Gasteiger partial charge in [-0.15, -0.1) is 0 Å². The van der Waals surface area contributed by atoms with Gasteiger partial charge in [0.25, 0.3) is 0 Å². The lowest BCUT2D eigenvalue weighted by molar-refractivity contribution is -0.144. The standard InChI is InChI=1S/C18H28N2O8/c1-13(21)20-12-14(28-17(23)6-5-16(22)27-4)11-15(20)18(24)19(7-9-25-2)8-10-26-3/h5-6,14-15H,7-12H2,1-4H3/b6-5+/t14-,15+/m1/s1. The molecule has 158 valence electrons. The average molecular weight is 400 g/mol. The maximum Gasteiger partial charge on any atom is 0.331 e. The van der Waals surface area contributed by atoms with Crippen molar-refractivity contribution in [3.8, 4) is 0 Å². The van der Waals surface area contributed by atoms with Gasteiger partial charge in [-0.1, -0.05) is 0 Å². The summed E-state index contributed by atoms with van der Waals surface area (Å²) < 4.78 is 19.7. The van der Waals surface area contributed by atoms with Gasteiger partial charge in [0.2, 0.25) is 11.8 Å². The largest absolute Gasteiger partial charge is 0.466 e. The van der Waals surface area contributed by atoms with Crippen LogP contribution in [0.15, 0.2) is 12.2 Å². The predicted octanol–water partition coefficient (Wildman–Crippen LogP) is -0.630. The van der Waals surface area contributed by atoms with Crippen molar-refractivity contribution >= 4 is 23.8 Å². The normalized spacial score (nSPS) is 18.9. The lowest BCUT2D eigenvalue weighted by atomic mass is 10.1. The van der Waals surface area contributed by atoms with Gasteiger partial charge in [0.1, 0.15) is 12.1 Å². The molecule has 0 saturated carbocycles. The minimum absolute atomic E-state index is 0.103. The Morgan fingerprint density at radius 2 is 1.57 bits per heavy atom. The molecule has 10 heteroatoms. The van der Waals surface area contributed by atoms with Gasteiger partial charge in [0, 0.05) is 52.8 Å². The van der Waals surface area contributed by atoms with E-state index in [2.05, 4.69) is 4.74 Å². The fourth-order valence-electron chi connectivity index (χ4n) is 2.82. The highest BCUT2D eigenvalue weighted by Gasteiger charge is 2.41. The smallest absolute Gasteiger partial charge is 0.331 e. The number of esters is 2. The van der Waals surface area contributed by atoms with Crippen molar-refractivity contribution < 1.29 is 38.1 Å². The molecule has 0 radical (unpaired) electrons. The van der Waals surface area contributed by atoms with Crippen LogP contribution in [0, 0.1) is 0 Å². The lowest BCUT2D eigenvalue weighted by Crippen LogP contribution is -2.49. The number of rotatable bonds is 10. The SMILES string of the molecule is COCCN(CCOC)C(=O)[C@@H]1C[C@@H](OC(=O)/C=C/C(=O)OC)CN1C(C)=O. The van der Waals surface area contributed by atoms with Crippen molar-refractivity contribution in [1.82, 2.24) is 9.80 Å². The second kappa shape index (κ2) is 12.1. The molecule has 28 heavy (non-hydrogen) atoms. The first-order valence-electron chi connectivity index (χ1n) is 8.84. The average Bonchev–Trinajstić information content (AvgIpc) is 3.09. The minimum atomic E-state index is -0.748. The van der Waals surface area contributed by atoms with E-state index in [9.17, 15) is 19.2 Å². The van der Waals surface area contributed by atoms with Gasteiger partial charge in [-0.25, -0.2) is 9.59 Å². The van der Waals surface area contributed by atoms with Crippen molar-refractivity contribution in [3.05, 3.63) is 12.2 Å². The number of carbonyl (C=O) groups excluding carboxylic acids is 4. The highest BCUT2D eigenvalue weighted by Crippen LogP contribution is 2.23. The highest BCUT2D eigenvalue weighted by molar-refractivity contribution is 5.92. The number of carbonyl (C=O) groups is 4. The summed E-state index contributed by atoms with van der Waals surface area (Å²) in [7, 11) is 4.26. The molecule has 1 rings (SSSR count). The van der Waals surface area contributed by atoms with E-state index >= 15 is 0 Å². The zero-order chi connectivity index (χ0) is 21.1. The van der Waals surface area contributed by atoms with Crippen LogP contribution in [0.1, 0.15) is 13.3 Å². The maximum atomic E-state index is 13.0. The van der Waals surface area contributed by atoms with Crippen molar-refractivity contribution in [3.63, 3.8) is 0 Å². The number of likely N-dealkylation sites (tertiary alicyclic amines) is 1. The summed E-state index contributed by atoms with van der Waals surface area (Å²) in [6.45, 7) is 2.86. The van der Waals surface area contributed by atoms with E-state index in [1.54, 1.807) is 4.90 Å². The van der Waals surface area contributed by atoms with Crippen LogP contribution in [0.2, 0.25) is 0 Å². The zero-order valence-electron chi connectivity index (χ0n) is 16.7. The summed E-state index contributed by atoms with van der Waals surface area (Å²) in [5.74, 6) is -1.98. The third-order valence-corrected chi connectivity index (χ3v) is 4.23. The monoisotopic (exact) mass is 400 g/mol. The Bertz CT molecular complexity index is 584. The lowest BCUT2D eigenvalue weighted by Gasteiger charge is -2.29. The van der Waals surface area contributed by atoms with E-state index in [4.69, 9.17) is 14.2 Å². The molecule has 1 saturated heterocycles. The van der Waals surface area contributed by atoms with E-state index in [1.807, 2.05) is 0 Å². The predicted molar refractivity (Wildman–Crippen MR) is 97.2 cm³/mol. The molecule has 0 aromatic heterocycles. The van der Waals surface area contributed by atoms with Crippen LogP contribution in [-0.2, 0) is 38.1 Å². The van der Waals surface area contributed by atoms with Crippen molar-refractivity contribution in [2.45, 2.75) is 25.5 Å². The van der Waals surface area contributed by atoms with Crippen LogP contribution < -0.4 is 0 Å². The van der Waals surface area contributed by atoms with Gasteiger partial charge < -0.3 is 28.7 Å². The summed E-state index contributed by atoms with van der Waals surface area (Å²) in [4.78, 5) is 50.8. The highest BCUT2D eigenvalue weighted by atomic mass is 16.5. The Hall–Kier alpha value is -2.46. The first-order valence-corrected chi connectivity index (χ1v) is 8.84. The molecule has 0 unspecified atom stereocenters. The van der Waals surface area contributed by atoms with Gasteiger partial charge in [-0.05, 0) is 0 Å². The number of amides is 2. The molecule has 0 N–H and O–H groups in total. The summed E-state index contributed by atoms with van der Waals surface area (Å²) in [6, 6.07) is -0.742. The second-order valence-corrected chi connectivity index (χ2v) is 6.15. The molecular formula is C18H28N2O8. The summed E-state index contributed by atoms with van der Waals surface area (Å²) in [5, 5.41) is 0. The van der Waals surface area contributed by atoms with Crippen molar-refractivity contribution in [2.24, 2.45) is 0 Å². The van der Waals surface area contributed by atoms with Crippen LogP contribution in [0.25, 0.3) is 0 Å². The van der Waals surface area contributed by atoms with Crippen LogP contribution >= 0.6 is 0 Å². The van der Waals surface area contributed by atoms with Crippen LogP contribution in [-0.4, -0.2) is 99.9 Å². The van der Waals surface area contributed by atoms with E-state index in [0.29, 0.717) is 26.3 Å². The Kier molecular flexibility index (Phi) is 10.2. The molecule has 1 fully saturated rings. The number of hydrogen-bond acceptors (Lipinski definition) is 8. The van der Waals surface area contributed by atoms with Gasteiger partial charge in [-0.3, -0.25) is 9.59 Å². The molecule has 2 amide bonds. The fourth-order valence-corrected chi connectivity index (χ4v) is 2.82. The summed E-state index contributed by atoms with van der Waals surface area (Å²) in [5.41, 5.74) is 0. The summed E-state index contributed by atoms with van der Waals surface area (Å²) >= 11 is 0. The molecule has 1 aliphatic heterocycles. The number of methoxy groups -OCH3 is 3. The molecule has 10 nitrogen and oxygen atoms in total. The summed E-state index contributed by atoms with van der Waals surface area (Å²) in [6.07, 6.45) is 1.41. The van der Waals surface area contributed by atoms with Gasteiger partial charge >= 0.3 is 11.9 Å². The van der Waals surface area contributed by atoms with Crippen LogP contribution in [0.3, 0.4) is 0 Å². The van der Waals surface area contributed by atoms with Crippen molar-refractivity contribution in [1.29, 1.82) is 0 Å². The number of nitrogens with zero attached hydrogens (tertiary/aromatic N) is 2. The van der Waals surface area contributed by atoms with Crippen molar-refractivity contribution in [2.75, 3.05) is 54.2 Å². The molecule has 1 aliphatic rings. The minimum Gasteiger partial charge on any atom is -0.466 e. The molecule has 1 heterocycles. The van der Waals surface area contributed by atoms with Gasteiger partial charge in [0.05, 0.1) is 26.9 Å². The number of hydrogen-bond donors (Lipinski definition) is 0. The van der Waals surface area contributed by atoms with Gasteiger partial charge in [-0.2, -0.15) is 0 Å². The van der Waals surface area contributed by atoms with E-state index in [0.717, 1.165) is 12.2 Å². The molecule has 0 aliphatic carbocycles. The van der Waals surface area contributed by atoms with E-state index < -0.39 is 24.1 Å². The molecule has 0 aromatic rings. The first-order chi connectivity index (χ1) is 13.3.